The molecule has 1 saturated heterocycles. The summed E-state index contributed by atoms with van der Waals surface area (Å²) in [6.07, 6.45) is -4.05. The van der Waals surface area contributed by atoms with Gasteiger partial charge >= 0.3 is 11.9 Å². The van der Waals surface area contributed by atoms with E-state index in [1.165, 1.54) is 0 Å². The quantitative estimate of drug-likeness (QED) is 0.120. The molecular weight excluding hydrogens is 508 g/mol. The first-order valence-electron chi connectivity index (χ1n) is 12.1. The van der Waals surface area contributed by atoms with Crippen molar-refractivity contribution in [2.45, 2.75) is 69.4 Å². The Labute approximate surface area is 217 Å². The summed E-state index contributed by atoms with van der Waals surface area (Å²) >= 11 is 0. The Balaban J connectivity index is 1.56. The number of Topliss-reactive ketones (excluding diaryl/α,β-unsaturated/α-hetero) is 1. The Bertz CT molecular complexity index is 1030. The van der Waals surface area contributed by atoms with Gasteiger partial charge in [0.25, 0.3) is 0 Å². The van der Waals surface area contributed by atoms with E-state index in [1.54, 1.807) is 19.1 Å². The van der Waals surface area contributed by atoms with Crippen LogP contribution < -0.4 is 0 Å². The second kappa shape index (κ2) is 12.5. The lowest BCUT2D eigenvalue weighted by Gasteiger charge is -2.40. The molecular formula is C25H32O13. The number of carboxylic acid groups (broad SMARTS) is 1. The van der Waals surface area contributed by atoms with Gasteiger partial charge in [0.15, 0.2) is 23.5 Å². The number of allylic oxidation sites excluding steroid dienone is 1. The molecule has 0 amide bonds. The summed E-state index contributed by atoms with van der Waals surface area (Å²) < 4.78 is 16.2. The van der Waals surface area contributed by atoms with Crippen LogP contribution in [-0.4, -0.2) is 96.9 Å². The number of aliphatic hydroxyl groups is 3. The summed E-state index contributed by atoms with van der Waals surface area (Å²) in [5.74, 6) is -4.96. The summed E-state index contributed by atoms with van der Waals surface area (Å²) in [6.45, 7) is 1.01. The van der Waals surface area contributed by atoms with E-state index in [0.29, 0.717) is 19.3 Å². The van der Waals surface area contributed by atoms with Crippen molar-refractivity contribution in [3.63, 3.8) is 0 Å². The van der Waals surface area contributed by atoms with E-state index >= 15 is 0 Å². The highest BCUT2D eigenvalue weighted by atomic mass is 16.7. The average Bonchev–Trinajstić information content (AvgIpc) is 3.19. The molecule has 7 N–H and O–H groups in total. The molecule has 0 aromatic heterocycles. The molecule has 2 fully saturated rings. The molecule has 1 heterocycles. The van der Waals surface area contributed by atoms with Gasteiger partial charge in [-0.1, -0.05) is 12.2 Å². The van der Waals surface area contributed by atoms with E-state index in [-0.39, 0.29) is 23.7 Å². The number of ketones is 1. The second-order valence-corrected chi connectivity index (χ2v) is 9.45. The third kappa shape index (κ3) is 6.99. The first kappa shape index (κ1) is 29.3. The first-order chi connectivity index (χ1) is 17.9. The Morgan fingerprint density at radius 1 is 1.11 bits per heavy atom. The van der Waals surface area contributed by atoms with Crippen molar-refractivity contribution < 1.29 is 64.3 Å². The van der Waals surface area contributed by atoms with E-state index in [4.69, 9.17) is 19.3 Å². The fourth-order valence-corrected chi connectivity index (χ4v) is 4.57. The van der Waals surface area contributed by atoms with Crippen LogP contribution in [0.2, 0.25) is 0 Å². The first-order valence-corrected chi connectivity index (χ1v) is 12.1. The molecule has 38 heavy (non-hydrogen) atoms. The fraction of sp³-hybridized carbons (Fsp3) is 0.560. The molecule has 2 aliphatic rings. The van der Waals surface area contributed by atoms with Gasteiger partial charge in [-0.05, 0) is 37.8 Å². The largest absolute Gasteiger partial charge is 0.504 e. The number of hydrogen-bond donors (Lipinski definition) is 7. The monoisotopic (exact) mass is 540 g/mol. The number of esters is 1. The standard InChI is InChI=1S/C25H32O13/c1-11(3-2-4-14-12(9-19(29)30)5-6-15(14)26)37-25-23(34)22(33)21(32)18(38-25)10-36-24(35)13-7-16(27)20(31)17(28)8-13/h2-3,7-8,11-12,14,18,21-23,25,27-28,31-34H,4-6,9-10H2,1H3,(H,29,30)/t11-,12+,14+,18-,21-,22+,23-,25-/m1/s1. The highest BCUT2D eigenvalue weighted by Gasteiger charge is 2.45. The summed E-state index contributed by atoms with van der Waals surface area (Å²) in [4.78, 5) is 35.4. The maximum Gasteiger partial charge on any atom is 0.338 e. The minimum absolute atomic E-state index is 0.00716. The predicted molar refractivity (Wildman–Crippen MR) is 126 cm³/mol. The lowest BCUT2D eigenvalue weighted by molar-refractivity contribution is -0.306. The highest BCUT2D eigenvalue weighted by molar-refractivity contribution is 5.91. The van der Waals surface area contributed by atoms with Gasteiger partial charge in [0, 0.05) is 18.8 Å². The Kier molecular flexibility index (Phi) is 9.68. The third-order valence-corrected chi connectivity index (χ3v) is 6.68. The second-order valence-electron chi connectivity index (χ2n) is 9.45. The summed E-state index contributed by atoms with van der Waals surface area (Å²) in [5.41, 5.74) is -0.304. The topological polar surface area (TPSA) is 221 Å². The summed E-state index contributed by atoms with van der Waals surface area (Å²) in [7, 11) is 0. The number of carbonyl (C=O) groups excluding carboxylic acids is 2. The molecule has 3 rings (SSSR count). The average molecular weight is 541 g/mol. The molecule has 8 atom stereocenters. The lowest BCUT2D eigenvalue weighted by atomic mass is 9.89. The maximum absolute atomic E-state index is 12.3. The van der Waals surface area contributed by atoms with Crippen LogP contribution in [0.4, 0.5) is 0 Å². The molecule has 1 aromatic carbocycles. The van der Waals surface area contributed by atoms with E-state index < -0.39 is 78.5 Å². The van der Waals surface area contributed by atoms with Gasteiger partial charge in [-0.15, -0.1) is 0 Å². The number of carbonyl (C=O) groups is 3. The summed E-state index contributed by atoms with van der Waals surface area (Å²) in [6, 6.07) is 1.72. The Morgan fingerprint density at radius 3 is 2.39 bits per heavy atom. The van der Waals surface area contributed by atoms with Crippen molar-refractivity contribution in [3.05, 3.63) is 29.8 Å². The number of aliphatic hydroxyl groups excluding tert-OH is 3. The van der Waals surface area contributed by atoms with E-state index in [9.17, 15) is 45.0 Å². The number of hydrogen-bond acceptors (Lipinski definition) is 12. The number of phenolic OH excluding ortho intramolecular Hbond substituents is 3. The number of ether oxygens (including phenoxy) is 3. The lowest BCUT2D eigenvalue weighted by Crippen LogP contribution is -2.59. The number of carboxylic acids is 1. The minimum Gasteiger partial charge on any atom is -0.504 e. The van der Waals surface area contributed by atoms with E-state index in [0.717, 1.165) is 12.1 Å². The van der Waals surface area contributed by atoms with Crippen LogP contribution >= 0.6 is 0 Å². The van der Waals surface area contributed by atoms with Gasteiger partial charge in [0.1, 0.15) is 36.8 Å². The number of aromatic hydroxyl groups is 3. The van der Waals surface area contributed by atoms with Crippen LogP contribution in [-0.2, 0) is 23.8 Å². The van der Waals surface area contributed by atoms with Gasteiger partial charge in [0.05, 0.1) is 11.7 Å². The van der Waals surface area contributed by atoms with Crippen LogP contribution in [0, 0.1) is 11.8 Å². The van der Waals surface area contributed by atoms with Crippen molar-refractivity contribution >= 4 is 17.7 Å². The molecule has 210 valence electrons. The van der Waals surface area contributed by atoms with Crippen LogP contribution in [0.25, 0.3) is 0 Å². The van der Waals surface area contributed by atoms with Crippen molar-refractivity contribution in [2.24, 2.45) is 11.8 Å². The number of rotatable bonds is 10. The normalized spacial score (nSPS) is 30.4. The number of phenols is 3. The Morgan fingerprint density at radius 2 is 1.76 bits per heavy atom. The molecule has 1 aromatic rings. The maximum atomic E-state index is 12.3. The van der Waals surface area contributed by atoms with E-state index in [1.807, 2.05) is 0 Å². The number of aliphatic carboxylic acids is 1. The molecule has 0 unspecified atom stereocenters. The van der Waals surface area contributed by atoms with Gasteiger partial charge in [-0.2, -0.15) is 0 Å². The molecule has 0 spiro atoms. The zero-order valence-corrected chi connectivity index (χ0v) is 20.5. The predicted octanol–water partition coefficient (Wildman–Crippen LogP) is 0.189. The minimum atomic E-state index is -1.71. The highest BCUT2D eigenvalue weighted by Crippen LogP contribution is 2.36. The van der Waals surface area contributed by atoms with Crippen LogP contribution in [0.3, 0.4) is 0 Å². The SMILES string of the molecule is C[C@H](C=CC[C@@H]1C(=O)CC[C@H]1CC(=O)O)O[C@@H]1O[C@H](COC(=O)c2cc(O)c(O)c(O)c2)[C@@H](O)[C@H](O)[C@H]1O. The molecule has 1 saturated carbocycles. The molecule has 1 aliphatic heterocycles. The van der Waals surface area contributed by atoms with Crippen LogP contribution in [0.15, 0.2) is 24.3 Å². The zero-order valence-electron chi connectivity index (χ0n) is 20.5. The van der Waals surface area contributed by atoms with Gasteiger partial charge in [0.2, 0.25) is 0 Å². The van der Waals surface area contributed by atoms with Crippen molar-refractivity contribution in [2.75, 3.05) is 6.61 Å². The van der Waals surface area contributed by atoms with Crippen LogP contribution in [0.5, 0.6) is 17.2 Å². The van der Waals surface area contributed by atoms with Crippen LogP contribution in [0.1, 0.15) is 43.0 Å². The molecule has 0 radical (unpaired) electrons. The fourth-order valence-electron chi connectivity index (χ4n) is 4.57. The summed E-state index contributed by atoms with van der Waals surface area (Å²) in [5, 5.41) is 68.3. The van der Waals surface area contributed by atoms with Crippen molar-refractivity contribution in [1.29, 1.82) is 0 Å². The van der Waals surface area contributed by atoms with E-state index in [2.05, 4.69) is 0 Å². The van der Waals surface area contributed by atoms with Gasteiger partial charge in [-0.25, -0.2) is 4.79 Å². The number of benzene rings is 1. The third-order valence-electron chi connectivity index (χ3n) is 6.68. The Hall–Kier alpha value is -3.23. The van der Waals surface area contributed by atoms with Crippen molar-refractivity contribution in [3.8, 4) is 17.2 Å². The molecule has 1 aliphatic carbocycles. The molecule has 13 nitrogen and oxygen atoms in total. The van der Waals surface area contributed by atoms with Gasteiger partial charge in [-0.3, -0.25) is 9.59 Å². The smallest absolute Gasteiger partial charge is 0.338 e. The molecule has 0 bridgehead atoms. The van der Waals surface area contributed by atoms with Gasteiger partial charge < -0.3 is 50.0 Å². The van der Waals surface area contributed by atoms with Crippen molar-refractivity contribution in [1.82, 2.24) is 0 Å². The molecule has 13 heteroatoms. The zero-order chi connectivity index (χ0) is 28.1.